The van der Waals surface area contributed by atoms with E-state index in [2.05, 4.69) is 31.2 Å². The van der Waals surface area contributed by atoms with Crippen molar-refractivity contribution < 1.29 is 9.53 Å². The summed E-state index contributed by atoms with van der Waals surface area (Å²) in [4.78, 5) is 19.0. The molecule has 0 fully saturated rings. The predicted molar refractivity (Wildman–Crippen MR) is 98.7 cm³/mol. The Morgan fingerprint density at radius 1 is 1.12 bits per heavy atom. The van der Waals surface area contributed by atoms with Crippen molar-refractivity contribution in [1.29, 1.82) is 0 Å². The number of hydrogen-bond donors (Lipinski definition) is 0. The van der Waals surface area contributed by atoms with Crippen LogP contribution in [0.3, 0.4) is 0 Å². The van der Waals surface area contributed by atoms with Gasteiger partial charge in [-0.25, -0.2) is 4.79 Å². The molecule has 0 amide bonds. The third-order valence-electron chi connectivity index (χ3n) is 4.07. The minimum atomic E-state index is -0.327. The molecule has 0 unspecified atom stereocenters. The van der Waals surface area contributed by atoms with Crippen LogP contribution in [0.15, 0.2) is 57.2 Å². The molecular formula is C20H21NO2S. The second kappa shape index (κ2) is 7.67. The van der Waals surface area contributed by atoms with Crippen LogP contribution in [-0.4, -0.2) is 18.8 Å². The quantitative estimate of drug-likeness (QED) is 0.523. The van der Waals surface area contributed by atoms with Crippen molar-refractivity contribution in [2.24, 2.45) is 4.99 Å². The van der Waals surface area contributed by atoms with Gasteiger partial charge in [0, 0.05) is 21.1 Å². The standard InChI is InChI=1S/C20H21NO2S/c1-3-4-5-9-16-15-8-6-7-10-18(15)24-19-12-11-14(20(22)23-2)13-17(19)21-16/h6-8,10-13H,3-5,9H2,1-2H3. The minimum Gasteiger partial charge on any atom is -0.465 e. The highest BCUT2D eigenvalue weighted by Gasteiger charge is 2.18. The van der Waals surface area contributed by atoms with Crippen LogP contribution in [0.2, 0.25) is 0 Å². The number of carbonyl (C=O) groups excluding carboxylic acids is 1. The lowest BCUT2D eigenvalue weighted by atomic mass is 10.0. The third kappa shape index (κ3) is 3.54. The summed E-state index contributed by atoms with van der Waals surface area (Å²) < 4.78 is 4.83. The molecule has 2 aromatic rings. The monoisotopic (exact) mass is 339 g/mol. The normalized spacial score (nSPS) is 12.7. The molecule has 0 saturated heterocycles. The number of unbranched alkanes of at least 4 members (excludes halogenated alkanes) is 2. The molecule has 4 heteroatoms. The number of fused-ring (bicyclic) bond motifs is 2. The zero-order valence-electron chi connectivity index (χ0n) is 14.0. The van der Waals surface area contributed by atoms with E-state index in [1.54, 1.807) is 17.8 Å². The Morgan fingerprint density at radius 3 is 2.75 bits per heavy atom. The summed E-state index contributed by atoms with van der Waals surface area (Å²) in [5.41, 5.74) is 3.70. The highest BCUT2D eigenvalue weighted by atomic mass is 32.2. The molecule has 24 heavy (non-hydrogen) atoms. The second-order valence-corrected chi connectivity index (χ2v) is 6.87. The van der Waals surface area contributed by atoms with Gasteiger partial charge >= 0.3 is 5.97 Å². The summed E-state index contributed by atoms with van der Waals surface area (Å²) in [5, 5.41) is 0. The SMILES string of the molecule is CCCCCC1=Nc2cc(C(=O)OC)ccc2Sc2ccccc21. The van der Waals surface area contributed by atoms with Gasteiger partial charge in [0.2, 0.25) is 0 Å². The lowest BCUT2D eigenvalue weighted by Gasteiger charge is -2.08. The van der Waals surface area contributed by atoms with Gasteiger partial charge in [0.25, 0.3) is 0 Å². The molecule has 0 N–H and O–H groups in total. The van der Waals surface area contributed by atoms with E-state index in [-0.39, 0.29) is 5.97 Å². The molecule has 0 radical (unpaired) electrons. The van der Waals surface area contributed by atoms with Crippen LogP contribution in [0.5, 0.6) is 0 Å². The maximum atomic E-state index is 11.8. The Bertz CT molecular complexity index is 783. The molecule has 0 aliphatic carbocycles. The highest BCUT2D eigenvalue weighted by molar-refractivity contribution is 7.99. The molecule has 1 heterocycles. The van der Waals surface area contributed by atoms with Gasteiger partial charge in [-0.1, -0.05) is 49.7 Å². The van der Waals surface area contributed by atoms with Gasteiger partial charge in [-0.05, 0) is 37.1 Å². The van der Waals surface area contributed by atoms with Gasteiger partial charge in [-0.2, -0.15) is 0 Å². The van der Waals surface area contributed by atoms with Gasteiger partial charge in [0.15, 0.2) is 0 Å². The summed E-state index contributed by atoms with van der Waals surface area (Å²) in [5.74, 6) is -0.327. The van der Waals surface area contributed by atoms with Crippen LogP contribution in [0.25, 0.3) is 0 Å². The van der Waals surface area contributed by atoms with Crippen molar-refractivity contribution in [2.45, 2.75) is 42.4 Å². The van der Waals surface area contributed by atoms with E-state index < -0.39 is 0 Å². The van der Waals surface area contributed by atoms with Crippen LogP contribution in [0.4, 0.5) is 5.69 Å². The Labute approximate surface area is 147 Å². The van der Waals surface area contributed by atoms with E-state index in [9.17, 15) is 4.79 Å². The molecule has 0 saturated carbocycles. The predicted octanol–water partition coefficient (Wildman–Crippen LogP) is 5.64. The van der Waals surface area contributed by atoms with E-state index in [1.165, 1.54) is 30.4 Å². The van der Waals surface area contributed by atoms with Crippen molar-refractivity contribution in [3.05, 3.63) is 53.6 Å². The molecule has 0 atom stereocenters. The number of carbonyl (C=O) groups is 1. The zero-order chi connectivity index (χ0) is 16.9. The average Bonchev–Trinajstić information content (AvgIpc) is 2.77. The first-order valence-electron chi connectivity index (χ1n) is 8.30. The lowest BCUT2D eigenvalue weighted by molar-refractivity contribution is 0.0600. The van der Waals surface area contributed by atoms with Gasteiger partial charge in [0.05, 0.1) is 18.4 Å². The van der Waals surface area contributed by atoms with Crippen LogP contribution in [0, 0.1) is 0 Å². The Hall–Kier alpha value is -2.07. The fourth-order valence-electron chi connectivity index (χ4n) is 2.79. The Balaban J connectivity index is 2.04. The highest BCUT2D eigenvalue weighted by Crippen LogP contribution is 2.41. The molecule has 1 aliphatic heterocycles. The van der Waals surface area contributed by atoms with Crippen molar-refractivity contribution in [1.82, 2.24) is 0 Å². The van der Waals surface area contributed by atoms with E-state index in [4.69, 9.17) is 9.73 Å². The molecule has 0 spiro atoms. The summed E-state index contributed by atoms with van der Waals surface area (Å²) in [7, 11) is 1.40. The number of esters is 1. The minimum absolute atomic E-state index is 0.327. The lowest BCUT2D eigenvalue weighted by Crippen LogP contribution is -2.02. The topological polar surface area (TPSA) is 38.7 Å². The first kappa shape index (κ1) is 16.8. The van der Waals surface area contributed by atoms with E-state index >= 15 is 0 Å². The largest absolute Gasteiger partial charge is 0.465 e. The number of aliphatic imine (C=N–C) groups is 1. The first-order valence-corrected chi connectivity index (χ1v) is 9.11. The van der Waals surface area contributed by atoms with Crippen molar-refractivity contribution >= 4 is 29.1 Å². The number of rotatable bonds is 5. The number of benzene rings is 2. The number of methoxy groups -OCH3 is 1. The van der Waals surface area contributed by atoms with Crippen molar-refractivity contribution in [3.63, 3.8) is 0 Å². The van der Waals surface area contributed by atoms with E-state index in [0.717, 1.165) is 29.1 Å². The number of nitrogens with zero attached hydrogens (tertiary/aromatic N) is 1. The smallest absolute Gasteiger partial charge is 0.337 e. The Morgan fingerprint density at radius 2 is 1.96 bits per heavy atom. The molecular weight excluding hydrogens is 318 g/mol. The van der Waals surface area contributed by atoms with Crippen molar-refractivity contribution in [2.75, 3.05) is 7.11 Å². The molecule has 1 aliphatic rings. The van der Waals surface area contributed by atoms with Gasteiger partial charge in [-0.3, -0.25) is 4.99 Å². The van der Waals surface area contributed by atoms with Crippen LogP contribution < -0.4 is 0 Å². The second-order valence-electron chi connectivity index (χ2n) is 5.79. The molecule has 3 nitrogen and oxygen atoms in total. The van der Waals surface area contributed by atoms with Crippen molar-refractivity contribution in [3.8, 4) is 0 Å². The van der Waals surface area contributed by atoms with E-state index in [0.29, 0.717) is 5.56 Å². The van der Waals surface area contributed by atoms with E-state index in [1.807, 2.05) is 12.1 Å². The fourth-order valence-corrected chi connectivity index (χ4v) is 3.81. The fraction of sp³-hybridized carbons (Fsp3) is 0.300. The summed E-state index contributed by atoms with van der Waals surface area (Å²) in [6.45, 7) is 2.20. The summed E-state index contributed by atoms with van der Waals surface area (Å²) in [6, 6.07) is 14.0. The van der Waals surface area contributed by atoms with Gasteiger partial charge in [-0.15, -0.1) is 0 Å². The number of ether oxygens (including phenoxy) is 1. The molecule has 0 bridgehead atoms. The van der Waals surface area contributed by atoms with Gasteiger partial charge in [0.1, 0.15) is 0 Å². The van der Waals surface area contributed by atoms with Crippen LogP contribution >= 0.6 is 11.8 Å². The average molecular weight is 339 g/mol. The third-order valence-corrected chi connectivity index (χ3v) is 5.21. The maximum Gasteiger partial charge on any atom is 0.337 e. The first-order chi connectivity index (χ1) is 11.7. The number of hydrogen-bond acceptors (Lipinski definition) is 4. The summed E-state index contributed by atoms with van der Waals surface area (Å²) in [6.07, 6.45) is 4.46. The molecule has 3 rings (SSSR count). The molecule has 0 aromatic heterocycles. The zero-order valence-corrected chi connectivity index (χ0v) is 14.9. The Kier molecular flexibility index (Phi) is 5.36. The van der Waals surface area contributed by atoms with Crippen LogP contribution in [0.1, 0.15) is 48.5 Å². The van der Waals surface area contributed by atoms with Crippen LogP contribution in [-0.2, 0) is 4.74 Å². The molecule has 2 aromatic carbocycles. The summed E-state index contributed by atoms with van der Waals surface area (Å²) >= 11 is 1.71. The molecule has 124 valence electrons. The maximum absolute atomic E-state index is 11.8. The van der Waals surface area contributed by atoms with Gasteiger partial charge < -0.3 is 4.74 Å².